The van der Waals surface area contributed by atoms with Gasteiger partial charge in [0.2, 0.25) is 0 Å². The van der Waals surface area contributed by atoms with Gasteiger partial charge in [0, 0.05) is 19.2 Å². The molecule has 0 fully saturated rings. The maximum absolute atomic E-state index is 11.7. The summed E-state index contributed by atoms with van der Waals surface area (Å²) in [5.41, 5.74) is 6.46. The SMILES string of the molecule is CNc1ccc(C(=O)OC(=O)[C@H](N)CCC(=O)O)cc1. The van der Waals surface area contributed by atoms with Gasteiger partial charge in [0.25, 0.3) is 0 Å². The fourth-order valence-electron chi connectivity index (χ4n) is 1.40. The van der Waals surface area contributed by atoms with Gasteiger partial charge in [-0.15, -0.1) is 0 Å². The Morgan fingerprint density at radius 2 is 1.90 bits per heavy atom. The molecule has 1 aromatic carbocycles. The standard InChI is InChI=1S/C13H16N2O5/c1-15-9-4-2-8(3-5-9)12(18)20-13(19)10(14)6-7-11(16)17/h2-5,10,15H,6-7,14H2,1H3,(H,16,17)/t10-/m1/s1. The van der Waals surface area contributed by atoms with E-state index in [2.05, 4.69) is 10.1 Å². The van der Waals surface area contributed by atoms with Crippen molar-refractivity contribution in [2.45, 2.75) is 18.9 Å². The van der Waals surface area contributed by atoms with E-state index in [0.717, 1.165) is 5.69 Å². The molecule has 1 rings (SSSR count). The van der Waals surface area contributed by atoms with Crippen LogP contribution in [0.2, 0.25) is 0 Å². The van der Waals surface area contributed by atoms with Gasteiger partial charge in [0.05, 0.1) is 5.56 Å². The number of nitrogens with two attached hydrogens (primary N) is 1. The zero-order valence-corrected chi connectivity index (χ0v) is 11.0. The molecule has 0 aromatic heterocycles. The van der Waals surface area contributed by atoms with Crippen LogP contribution >= 0.6 is 0 Å². The van der Waals surface area contributed by atoms with Crippen molar-refractivity contribution in [1.29, 1.82) is 0 Å². The van der Waals surface area contributed by atoms with Crippen molar-refractivity contribution < 1.29 is 24.2 Å². The quantitative estimate of drug-likeness (QED) is 0.515. The van der Waals surface area contributed by atoms with Gasteiger partial charge < -0.3 is 20.9 Å². The van der Waals surface area contributed by atoms with E-state index in [-0.39, 0.29) is 18.4 Å². The van der Waals surface area contributed by atoms with Crippen LogP contribution in [0.1, 0.15) is 23.2 Å². The molecule has 0 saturated heterocycles. The average Bonchev–Trinajstić information content (AvgIpc) is 2.44. The fraction of sp³-hybridized carbons (Fsp3) is 0.308. The first-order chi connectivity index (χ1) is 9.43. The van der Waals surface area contributed by atoms with Crippen molar-refractivity contribution in [3.05, 3.63) is 29.8 Å². The molecule has 4 N–H and O–H groups in total. The molecular formula is C13H16N2O5. The Balaban J connectivity index is 2.55. The molecule has 0 spiro atoms. The molecule has 0 bridgehead atoms. The number of esters is 2. The van der Waals surface area contributed by atoms with Gasteiger partial charge in [-0.3, -0.25) is 4.79 Å². The van der Waals surface area contributed by atoms with E-state index in [1.165, 1.54) is 12.1 Å². The van der Waals surface area contributed by atoms with Crippen molar-refractivity contribution >= 4 is 23.6 Å². The number of carboxylic acid groups (broad SMARTS) is 1. The molecule has 0 unspecified atom stereocenters. The predicted octanol–water partition coefficient (Wildman–Crippen LogP) is 0.604. The third-order valence-corrected chi connectivity index (χ3v) is 2.57. The lowest BCUT2D eigenvalue weighted by atomic mass is 10.1. The number of rotatable bonds is 6. The molecule has 0 saturated carbocycles. The van der Waals surface area contributed by atoms with E-state index in [4.69, 9.17) is 10.8 Å². The van der Waals surface area contributed by atoms with Gasteiger partial charge in [-0.05, 0) is 30.7 Å². The second-order valence-corrected chi connectivity index (χ2v) is 4.07. The molecular weight excluding hydrogens is 264 g/mol. The number of hydrogen-bond donors (Lipinski definition) is 3. The van der Waals surface area contributed by atoms with E-state index >= 15 is 0 Å². The minimum absolute atomic E-state index is 0.0832. The van der Waals surface area contributed by atoms with Gasteiger partial charge in [0.15, 0.2) is 0 Å². The molecule has 0 amide bonds. The number of anilines is 1. The van der Waals surface area contributed by atoms with Crippen molar-refractivity contribution in [1.82, 2.24) is 0 Å². The van der Waals surface area contributed by atoms with Gasteiger partial charge in [-0.1, -0.05) is 0 Å². The fourth-order valence-corrected chi connectivity index (χ4v) is 1.40. The molecule has 0 aliphatic heterocycles. The van der Waals surface area contributed by atoms with Crippen LogP contribution in [0, 0.1) is 0 Å². The van der Waals surface area contributed by atoms with E-state index in [1.807, 2.05) is 0 Å². The molecule has 0 radical (unpaired) electrons. The summed E-state index contributed by atoms with van der Waals surface area (Å²) in [6.45, 7) is 0. The lowest BCUT2D eigenvalue weighted by Crippen LogP contribution is -2.34. The van der Waals surface area contributed by atoms with Crippen molar-refractivity contribution in [2.75, 3.05) is 12.4 Å². The first-order valence-electron chi connectivity index (χ1n) is 5.95. The van der Waals surface area contributed by atoms with E-state index in [9.17, 15) is 14.4 Å². The number of carbonyl (C=O) groups excluding carboxylic acids is 2. The summed E-state index contributed by atoms with van der Waals surface area (Å²) < 4.78 is 4.59. The third kappa shape index (κ3) is 4.69. The smallest absolute Gasteiger partial charge is 0.345 e. The minimum atomic E-state index is -1.13. The van der Waals surface area contributed by atoms with Crippen LogP contribution in [-0.2, 0) is 14.3 Å². The van der Waals surface area contributed by atoms with E-state index in [1.54, 1.807) is 19.2 Å². The summed E-state index contributed by atoms with van der Waals surface area (Å²) in [6, 6.07) is 5.19. The largest absolute Gasteiger partial charge is 0.481 e. The molecule has 0 aliphatic rings. The van der Waals surface area contributed by atoms with Gasteiger partial charge in [-0.2, -0.15) is 0 Å². The lowest BCUT2D eigenvalue weighted by molar-refractivity contribution is -0.140. The van der Waals surface area contributed by atoms with Gasteiger partial charge >= 0.3 is 17.9 Å². The molecule has 1 atom stereocenters. The molecule has 7 heteroatoms. The number of ether oxygens (including phenoxy) is 1. The van der Waals surface area contributed by atoms with Crippen LogP contribution < -0.4 is 11.1 Å². The highest BCUT2D eigenvalue weighted by Crippen LogP contribution is 2.10. The summed E-state index contributed by atoms with van der Waals surface area (Å²) in [7, 11) is 1.73. The van der Waals surface area contributed by atoms with Crippen LogP contribution in [0.15, 0.2) is 24.3 Å². The summed E-state index contributed by atoms with van der Waals surface area (Å²) in [6.07, 6.45) is -0.346. The predicted molar refractivity (Wildman–Crippen MR) is 71.3 cm³/mol. The summed E-state index contributed by atoms with van der Waals surface area (Å²) in [5, 5.41) is 11.4. The third-order valence-electron chi connectivity index (χ3n) is 2.57. The summed E-state index contributed by atoms with van der Waals surface area (Å²) in [4.78, 5) is 33.5. The van der Waals surface area contributed by atoms with Crippen molar-refractivity contribution in [2.24, 2.45) is 5.73 Å². The van der Waals surface area contributed by atoms with Crippen LogP contribution in [0.4, 0.5) is 5.69 Å². The molecule has 1 aromatic rings. The van der Waals surface area contributed by atoms with Crippen molar-refractivity contribution in [3.8, 4) is 0 Å². The normalized spacial score (nSPS) is 11.5. The Labute approximate surface area is 115 Å². The highest BCUT2D eigenvalue weighted by Gasteiger charge is 2.20. The van der Waals surface area contributed by atoms with Gasteiger partial charge in [0.1, 0.15) is 6.04 Å². The first kappa shape index (κ1) is 15.6. The Morgan fingerprint density at radius 3 is 2.40 bits per heavy atom. The minimum Gasteiger partial charge on any atom is -0.481 e. The molecule has 108 valence electrons. The zero-order valence-electron chi connectivity index (χ0n) is 11.0. The topological polar surface area (TPSA) is 119 Å². The maximum atomic E-state index is 11.7. The summed E-state index contributed by atoms with van der Waals surface area (Å²) >= 11 is 0. The van der Waals surface area contributed by atoms with E-state index < -0.39 is 23.9 Å². The highest BCUT2D eigenvalue weighted by molar-refractivity contribution is 5.98. The number of aliphatic carboxylic acids is 1. The van der Waals surface area contributed by atoms with Crippen LogP contribution in [0.3, 0.4) is 0 Å². The number of hydrogen-bond acceptors (Lipinski definition) is 6. The highest BCUT2D eigenvalue weighted by atomic mass is 16.6. The summed E-state index contributed by atoms with van der Waals surface area (Å²) in [5.74, 6) is -2.82. The first-order valence-corrected chi connectivity index (χ1v) is 5.95. The van der Waals surface area contributed by atoms with Gasteiger partial charge in [-0.25, -0.2) is 9.59 Å². The number of nitrogens with one attached hydrogen (secondary N) is 1. The van der Waals surface area contributed by atoms with Crippen LogP contribution in [0.25, 0.3) is 0 Å². The maximum Gasteiger partial charge on any atom is 0.345 e. The molecule has 20 heavy (non-hydrogen) atoms. The van der Waals surface area contributed by atoms with Crippen LogP contribution in [-0.4, -0.2) is 36.1 Å². The second-order valence-electron chi connectivity index (χ2n) is 4.07. The Hall–Kier alpha value is -2.41. The van der Waals surface area contributed by atoms with Crippen molar-refractivity contribution in [3.63, 3.8) is 0 Å². The number of carbonyl (C=O) groups is 3. The Kier molecular flexibility index (Phi) is 5.67. The zero-order chi connectivity index (χ0) is 15.1. The number of carboxylic acids is 1. The van der Waals surface area contributed by atoms with E-state index in [0.29, 0.717) is 0 Å². The average molecular weight is 280 g/mol. The lowest BCUT2D eigenvalue weighted by Gasteiger charge is -2.09. The molecule has 0 heterocycles. The Bertz CT molecular complexity index is 498. The Morgan fingerprint density at radius 1 is 1.30 bits per heavy atom. The van der Waals surface area contributed by atoms with Crippen LogP contribution in [0.5, 0.6) is 0 Å². The monoisotopic (exact) mass is 280 g/mol. The molecule has 7 nitrogen and oxygen atoms in total. The molecule has 0 aliphatic carbocycles. The number of benzene rings is 1. The second kappa shape index (κ2) is 7.25.